The highest BCUT2D eigenvalue weighted by Gasteiger charge is 2.35. The Labute approximate surface area is 185 Å². The molecule has 0 spiro atoms. The van der Waals surface area contributed by atoms with Crippen molar-refractivity contribution in [3.8, 4) is 5.75 Å². The zero-order chi connectivity index (χ0) is 22.4. The number of rotatable bonds is 9. The van der Waals surface area contributed by atoms with Crippen LogP contribution in [0.15, 0.2) is 48.5 Å². The molecule has 6 nitrogen and oxygen atoms in total. The smallest absolute Gasteiger partial charge is 0.254 e. The molecule has 2 aromatic rings. The second kappa shape index (κ2) is 10.2. The van der Waals surface area contributed by atoms with Gasteiger partial charge in [-0.15, -0.1) is 0 Å². The summed E-state index contributed by atoms with van der Waals surface area (Å²) in [6.45, 7) is 8.88. The van der Waals surface area contributed by atoms with Gasteiger partial charge in [0.1, 0.15) is 5.75 Å². The topological polar surface area (TPSA) is 66.9 Å². The van der Waals surface area contributed by atoms with Crippen LogP contribution in [0.2, 0.25) is 0 Å². The Morgan fingerprint density at radius 2 is 1.77 bits per heavy atom. The van der Waals surface area contributed by atoms with E-state index in [1.165, 1.54) is 0 Å². The first-order valence-electron chi connectivity index (χ1n) is 10.9. The van der Waals surface area contributed by atoms with Crippen molar-refractivity contribution in [1.82, 2.24) is 4.90 Å². The van der Waals surface area contributed by atoms with Crippen molar-refractivity contribution in [2.75, 3.05) is 36.1 Å². The van der Waals surface area contributed by atoms with Crippen LogP contribution in [0.25, 0.3) is 0 Å². The van der Waals surface area contributed by atoms with E-state index in [9.17, 15) is 13.2 Å². The van der Waals surface area contributed by atoms with Crippen molar-refractivity contribution in [3.63, 3.8) is 0 Å². The third-order valence-corrected chi connectivity index (χ3v) is 7.47. The SMILES string of the molecule is CCOc1cccc(C(=O)N(Cc2ccc(N(CC)CC)cc2)[C@@H]2CCS(=O)(=O)C2)c1. The Morgan fingerprint density at radius 3 is 2.35 bits per heavy atom. The van der Waals surface area contributed by atoms with Crippen LogP contribution in [0.3, 0.4) is 0 Å². The number of hydrogen-bond donors (Lipinski definition) is 0. The maximum absolute atomic E-state index is 13.4. The lowest BCUT2D eigenvalue weighted by Gasteiger charge is -2.29. The van der Waals surface area contributed by atoms with Crippen LogP contribution in [0.5, 0.6) is 5.75 Å². The van der Waals surface area contributed by atoms with E-state index in [0.717, 1.165) is 24.3 Å². The molecule has 1 heterocycles. The van der Waals surface area contributed by atoms with Gasteiger partial charge in [-0.3, -0.25) is 4.79 Å². The third-order valence-electron chi connectivity index (χ3n) is 5.72. The number of nitrogens with zero attached hydrogens (tertiary/aromatic N) is 2. The lowest BCUT2D eigenvalue weighted by Crippen LogP contribution is -2.40. The van der Waals surface area contributed by atoms with Crippen molar-refractivity contribution < 1.29 is 17.9 Å². The monoisotopic (exact) mass is 444 g/mol. The highest BCUT2D eigenvalue weighted by Crippen LogP contribution is 2.25. The maximum atomic E-state index is 13.4. The van der Waals surface area contributed by atoms with Gasteiger partial charge in [-0.1, -0.05) is 18.2 Å². The zero-order valence-electron chi connectivity index (χ0n) is 18.6. The Balaban J connectivity index is 1.86. The van der Waals surface area contributed by atoms with Gasteiger partial charge in [-0.05, 0) is 63.1 Å². The summed E-state index contributed by atoms with van der Waals surface area (Å²) < 4.78 is 29.8. The van der Waals surface area contributed by atoms with Crippen LogP contribution in [-0.2, 0) is 16.4 Å². The van der Waals surface area contributed by atoms with Crippen molar-refractivity contribution in [2.24, 2.45) is 0 Å². The van der Waals surface area contributed by atoms with Crippen LogP contribution in [-0.4, -0.2) is 56.5 Å². The van der Waals surface area contributed by atoms with E-state index >= 15 is 0 Å². The molecule has 7 heteroatoms. The third kappa shape index (κ3) is 5.79. The molecule has 1 aliphatic rings. The lowest BCUT2D eigenvalue weighted by molar-refractivity contribution is 0.0680. The summed E-state index contributed by atoms with van der Waals surface area (Å²) in [6, 6.07) is 14.9. The highest BCUT2D eigenvalue weighted by molar-refractivity contribution is 7.91. The fourth-order valence-corrected chi connectivity index (χ4v) is 5.77. The largest absolute Gasteiger partial charge is 0.494 e. The molecule has 1 fully saturated rings. The van der Waals surface area contributed by atoms with Crippen molar-refractivity contribution in [1.29, 1.82) is 0 Å². The molecule has 2 aromatic carbocycles. The number of carbonyl (C=O) groups excluding carboxylic acids is 1. The van der Waals surface area contributed by atoms with Gasteiger partial charge in [-0.25, -0.2) is 8.42 Å². The Hall–Kier alpha value is -2.54. The summed E-state index contributed by atoms with van der Waals surface area (Å²) in [5, 5.41) is 0. The summed E-state index contributed by atoms with van der Waals surface area (Å²) in [7, 11) is -3.12. The Bertz CT molecular complexity index is 985. The molecule has 0 unspecified atom stereocenters. The molecule has 1 atom stereocenters. The number of sulfone groups is 1. The number of benzene rings is 2. The van der Waals surface area contributed by atoms with Gasteiger partial charge >= 0.3 is 0 Å². The predicted molar refractivity (Wildman–Crippen MR) is 125 cm³/mol. The molecule has 0 aliphatic carbocycles. The first-order chi connectivity index (χ1) is 14.9. The van der Waals surface area contributed by atoms with Gasteiger partial charge in [0.05, 0.1) is 18.1 Å². The standard InChI is InChI=1S/C24H32N2O4S/c1-4-25(5-2)21-12-10-19(11-13-21)17-26(22-14-15-31(28,29)18-22)24(27)20-8-7-9-23(16-20)30-6-3/h7-13,16,22H,4-6,14-15,17-18H2,1-3H3/t22-/m1/s1. The lowest BCUT2D eigenvalue weighted by atomic mass is 10.1. The van der Waals surface area contributed by atoms with Gasteiger partial charge in [0.15, 0.2) is 9.84 Å². The molecule has 0 N–H and O–H groups in total. The van der Waals surface area contributed by atoms with Crippen molar-refractivity contribution in [2.45, 2.75) is 39.8 Å². The minimum absolute atomic E-state index is 0.0153. The molecule has 0 bridgehead atoms. The second-order valence-electron chi connectivity index (χ2n) is 7.79. The zero-order valence-corrected chi connectivity index (χ0v) is 19.4. The van der Waals surface area contributed by atoms with Crippen LogP contribution in [0.1, 0.15) is 43.1 Å². The summed E-state index contributed by atoms with van der Waals surface area (Å²) in [6.07, 6.45) is 0.469. The molecule has 168 valence electrons. The van der Waals surface area contributed by atoms with Crippen LogP contribution in [0.4, 0.5) is 5.69 Å². The molecule has 1 amide bonds. The van der Waals surface area contributed by atoms with E-state index in [1.54, 1.807) is 23.1 Å². The predicted octanol–water partition coefficient (Wildman–Crippen LogP) is 3.76. The molecule has 31 heavy (non-hydrogen) atoms. The fourth-order valence-electron chi connectivity index (χ4n) is 4.04. The number of carbonyl (C=O) groups is 1. The van der Waals surface area contributed by atoms with Gasteiger partial charge in [-0.2, -0.15) is 0 Å². The average molecular weight is 445 g/mol. The van der Waals surface area contributed by atoms with E-state index < -0.39 is 9.84 Å². The summed E-state index contributed by atoms with van der Waals surface area (Å²) in [5.74, 6) is 0.607. The number of ether oxygens (including phenoxy) is 1. The highest BCUT2D eigenvalue weighted by atomic mass is 32.2. The molecule has 3 rings (SSSR count). The summed E-state index contributed by atoms with van der Waals surface area (Å²) >= 11 is 0. The molecular weight excluding hydrogens is 412 g/mol. The van der Waals surface area contributed by atoms with Gasteiger partial charge < -0.3 is 14.5 Å². The molecule has 1 aliphatic heterocycles. The molecule has 1 saturated heterocycles. The minimum atomic E-state index is -3.12. The molecule has 0 radical (unpaired) electrons. The number of amides is 1. The minimum Gasteiger partial charge on any atom is -0.494 e. The van der Waals surface area contributed by atoms with E-state index in [-0.39, 0.29) is 23.5 Å². The molecule has 0 aromatic heterocycles. The number of anilines is 1. The van der Waals surface area contributed by atoms with E-state index in [0.29, 0.717) is 30.9 Å². The molecule has 0 saturated carbocycles. The normalized spacial score (nSPS) is 17.3. The Morgan fingerprint density at radius 1 is 1.06 bits per heavy atom. The first-order valence-corrected chi connectivity index (χ1v) is 12.8. The van der Waals surface area contributed by atoms with Gasteiger partial charge in [0.25, 0.3) is 5.91 Å². The second-order valence-corrected chi connectivity index (χ2v) is 10.0. The van der Waals surface area contributed by atoms with Gasteiger partial charge in [0, 0.05) is 36.9 Å². The van der Waals surface area contributed by atoms with Crippen LogP contribution < -0.4 is 9.64 Å². The molecular formula is C24H32N2O4S. The summed E-state index contributed by atoms with van der Waals surface area (Å²) in [5.41, 5.74) is 2.63. The quantitative estimate of drug-likeness (QED) is 0.589. The average Bonchev–Trinajstić information content (AvgIpc) is 3.13. The first kappa shape index (κ1) is 23.1. The van der Waals surface area contributed by atoms with E-state index in [2.05, 4.69) is 30.9 Å². The van der Waals surface area contributed by atoms with E-state index in [4.69, 9.17) is 4.74 Å². The fraction of sp³-hybridized carbons (Fsp3) is 0.458. The maximum Gasteiger partial charge on any atom is 0.254 e. The van der Waals surface area contributed by atoms with Crippen LogP contribution >= 0.6 is 0 Å². The van der Waals surface area contributed by atoms with Crippen molar-refractivity contribution in [3.05, 3.63) is 59.7 Å². The van der Waals surface area contributed by atoms with E-state index in [1.807, 2.05) is 25.1 Å². The van der Waals surface area contributed by atoms with Crippen molar-refractivity contribution >= 4 is 21.4 Å². The summed E-state index contributed by atoms with van der Waals surface area (Å²) in [4.78, 5) is 17.4. The number of hydrogen-bond acceptors (Lipinski definition) is 5. The Kier molecular flexibility index (Phi) is 7.59. The van der Waals surface area contributed by atoms with Gasteiger partial charge in [0.2, 0.25) is 0 Å². The van der Waals surface area contributed by atoms with Crippen LogP contribution in [0, 0.1) is 0 Å².